The van der Waals surface area contributed by atoms with Gasteiger partial charge in [0.25, 0.3) is 0 Å². The van der Waals surface area contributed by atoms with Crippen molar-refractivity contribution in [3.8, 4) is 0 Å². The highest BCUT2D eigenvalue weighted by Gasteiger charge is 2.27. The molecule has 3 unspecified atom stereocenters. The van der Waals surface area contributed by atoms with Crippen molar-refractivity contribution < 1.29 is 9.53 Å². The summed E-state index contributed by atoms with van der Waals surface area (Å²) in [5, 5.41) is 0. The van der Waals surface area contributed by atoms with E-state index in [1.54, 1.807) is 0 Å². The van der Waals surface area contributed by atoms with Crippen LogP contribution in [0.25, 0.3) is 0 Å². The first-order valence-electron chi connectivity index (χ1n) is 7.96. The van der Waals surface area contributed by atoms with E-state index in [1.165, 1.54) is 19.3 Å². The molecule has 1 aliphatic carbocycles. The largest absolute Gasteiger partial charge is 0.462 e. The lowest BCUT2D eigenvalue weighted by atomic mass is 9.84. The molecule has 2 N–H and O–H groups in total. The number of hydrogen-bond acceptors (Lipinski definition) is 3. The van der Waals surface area contributed by atoms with E-state index in [0.29, 0.717) is 24.8 Å². The Bertz CT molecular complexity index is 265. The Morgan fingerprint density at radius 2 is 2.00 bits per heavy atom. The normalized spacial score (nSPS) is 25.3. The van der Waals surface area contributed by atoms with E-state index < -0.39 is 0 Å². The highest BCUT2D eigenvalue weighted by atomic mass is 16.5. The molecule has 0 spiro atoms. The first kappa shape index (κ1) is 16.5. The Hall–Kier alpha value is -0.570. The van der Waals surface area contributed by atoms with Gasteiger partial charge in [0.05, 0.1) is 0 Å². The highest BCUT2D eigenvalue weighted by Crippen LogP contribution is 2.29. The van der Waals surface area contributed by atoms with Gasteiger partial charge < -0.3 is 10.5 Å². The number of carbonyl (C=O) groups is 1. The number of hydrogen-bond donors (Lipinski definition) is 1. The van der Waals surface area contributed by atoms with Gasteiger partial charge in [0.15, 0.2) is 0 Å². The average molecular weight is 269 g/mol. The highest BCUT2D eigenvalue weighted by molar-refractivity contribution is 5.70. The molecule has 0 amide bonds. The summed E-state index contributed by atoms with van der Waals surface area (Å²) < 4.78 is 5.71. The van der Waals surface area contributed by atoms with E-state index in [-0.39, 0.29) is 18.0 Å². The van der Waals surface area contributed by atoms with E-state index in [4.69, 9.17) is 10.5 Å². The molecular weight excluding hydrogens is 238 g/mol. The molecule has 112 valence electrons. The summed E-state index contributed by atoms with van der Waals surface area (Å²) in [6.07, 6.45) is 7.50. The fourth-order valence-corrected chi connectivity index (χ4v) is 3.18. The standard InChI is InChI=1S/C16H31NO2/c1-4-14-7-5-6-8-15(14)19-16(18)10-13(11-17)9-12(2)3/h12-15H,4-11,17H2,1-3H3. The maximum Gasteiger partial charge on any atom is 0.306 e. The minimum absolute atomic E-state index is 0.0403. The SMILES string of the molecule is CCC1CCCCC1OC(=O)CC(CN)CC(C)C. The van der Waals surface area contributed by atoms with Crippen LogP contribution in [0, 0.1) is 17.8 Å². The molecule has 3 atom stereocenters. The molecule has 1 fully saturated rings. The van der Waals surface area contributed by atoms with Gasteiger partial charge in [-0.3, -0.25) is 4.79 Å². The summed E-state index contributed by atoms with van der Waals surface area (Å²) in [6, 6.07) is 0. The smallest absolute Gasteiger partial charge is 0.306 e. The lowest BCUT2D eigenvalue weighted by Gasteiger charge is -2.30. The average Bonchev–Trinajstić information content (AvgIpc) is 2.38. The van der Waals surface area contributed by atoms with Crippen molar-refractivity contribution in [3.05, 3.63) is 0 Å². The van der Waals surface area contributed by atoms with Gasteiger partial charge in [-0.25, -0.2) is 0 Å². The Balaban J connectivity index is 2.40. The zero-order chi connectivity index (χ0) is 14.3. The van der Waals surface area contributed by atoms with Crippen molar-refractivity contribution in [1.82, 2.24) is 0 Å². The van der Waals surface area contributed by atoms with Gasteiger partial charge >= 0.3 is 5.97 Å². The van der Waals surface area contributed by atoms with E-state index in [9.17, 15) is 4.79 Å². The minimum Gasteiger partial charge on any atom is -0.462 e. The molecule has 0 aliphatic heterocycles. The van der Waals surface area contributed by atoms with E-state index in [2.05, 4.69) is 20.8 Å². The van der Waals surface area contributed by atoms with E-state index >= 15 is 0 Å². The molecule has 0 radical (unpaired) electrons. The Labute approximate surface area is 118 Å². The second-order valence-corrected chi connectivity index (χ2v) is 6.42. The molecule has 0 aromatic rings. The second-order valence-electron chi connectivity index (χ2n) is 6.42. The van der Waals surface area contributed by atoms with Crippen molar-refractivity contribution in [3.63, 3.8) is 0 Å². The number of ether oxygens (including phenoxy) is 1. The first-order chi connectivity index (χ1) is 9.06. The van der Waals surface area contributed by atoms with Gasteiger partial charge in [0.2, 0.25) is 0 Å². The van der Waals surface area contributed by atoms with Crippen molar-refractivity contribution in [2.24, 2.45) is 23.5 Å². The Morgan fingerprint density at radius 1 is 1.32 bits per heavy atom. The van der Waals surface area contributed by atoms with Gasteiger partial charge in [0, 0.05) is 6.42 Å². The van der Waals surface area contributed by atoms with Crippen LogP contribution in [0.15, 0.2) is 0 Å². The fraction of sp³-hybridized carbons (Fsp3) is 0.938. The van der Waals surface area contributed by atoms with Crippen LogP contribution in [0.5, 0.6) is 0 Å². The van der Waals surface area contributed by atoms with Gasteiger partial charge in [-0.15, -0.1) is 0 Å². The molecule has 0 aromatic heterocycles. The van der Waals surface area contributed by atoms with Gasteiger partial charge in [-0.2, -0.15) is 0 Å². The summed E-state index contributed by atoms with van der Waals surface area (Å²) in [6.45, 7) is 7.11. The van der Waals surface area contributed by atoms with Crippen molar-refractivity contribution >= 4 is 5.97 Å². The number of esters is 1. The van der Waals surface area contributed by atoms with Gasteiger partial charge in [-0.05, 0) is 56.4 Å². The minimum atomic E-state index is -0.0403. The molecule has 0 saturated heterocycles. The van der Waals surface area contributed by atoms with Gasteiger partial charge in [-0.1, -0.05) is 27.2 Å². The van der Waals surface area contributed by atoms with Crippen LogP contribution in [-0.4, -0.2) is 18.6 Å². The molecule has 3 nitrogen and oxygen atoms in total. The third-order valence-corrected chi connectivity index (χ3v) is 4.24. The lowest BCUT2D eigenvalue weighted by Crippen LogP contribution is -2.31. The Morgan fingerprint density at radius 3 is 2.58 bits per heavy atom. The lowest BCUT2D eigenvalue weighted by molar-refractivity contribution is -0.154. The predicted molar refractivity (Wildman–Crippen MR) is 78.7 cm³/mol. The molecule has 3 heteroatoms. The van der Waals surface area contributed by atoms with Crippen LogP contribution in [-0.2, 0) is 9.53 Å². The van der Waals surface area contributed by atoms with E-state index in [1.807, 2.05) is 0 Å². The summed E-state index contributed by atoms with van der Waals surface area (Å²) in [5.74, 6) is 1.39. The van der Waals surface area contributed by atoms with Crippen molar-refractivity contribution in [1.29, 1.82) is 0 Å². The van der Waals surface area contributed by atoms with Crippen molar-refractivity contribution in [2.45, 2.75) is 71.8 Å². The molecule has 1 rings (SSSR count). The zero-order valence-corrected chi connectivity index (χ0v) is 12.9. The monoisotopic (exact) mass is 269 g/mol. The molecule has 1 aliphatic rings. The first-order valence-corrected chi connectivity index (χ1v) is 7.96. The van der Waals surface area contributed by atoms with Crippen LogP contribution < -0.4 is 5.73 Å². The molecule has 1 saturated carbocycles. The fourth-order valence-electron chi connectivity index (χ4n) is 3.18. The molecule has 0 heterocycles. The van der Waals surface area contributed by atoms with Gasteiger partial charge in [0.1, 0.15) is 6.10 Å². The zero-order valence-electron chi connectivity index (χ0n) is 12.9. The summed E-state index contributed by atoms with van der Waals surface area (Å²) in [5.41, 5.74) is 5.75. The summed E-state index contributed by atoms with van der Waals surface area (Å²) >= 11 is 0. The number of carbonyl (C=O) groups excluding carboxylic acids is 1. The molecular formula is C16H31NO2. The van der Waals surface area contributed by atoms with E-state index in [0.717, 1.165) is 19.3 Å². The quantitative estimate of drug-likeness (QED) is 0.720. The molecule has 0 bridgehead atoms. The summed E-state index contributed by atoms with van der Waals surface area (Å²) in [4.78, 5) is 12.0. The third-order valence-electron chi connectivity index (χ3n) is 4.24. The second kappa shape index (κ2) is 8.57. The summed E-state index contributed by atoms with van der Waals surface area (Å²) in [7, 11) is 0. The van der Waals surface area contributed by atoms with Crippen molar-refractivity contribution in [2.75, 3.05) is 6.54 Å². The maximum atomic E-state index is 12.0. The van der Waals surface area contributed by atoms with Crippen LogP contribution in [0.4, 0.5) is 0 Å². The van der Waals surface area contributed by atoms with Crippen LogP contribution in [0.2, 0.25) is 0 Å². The maximum absolute atomic E-state index is 12.0. The third kappa shape index (κ3) is 5.94. The topological polar surface area (TPSA) is 52.3 Å². The van der Waals surface area contributed by atoms with Crippen LogP contribution in [0.1, 0.15) is 65.7 Å². The molecule has 0 aromatic carbocycles. The molecule has 19 heavy (non-hydrogen) atoms. The van der Waals surface area contributed by atoms with Crippen LogP contribution in [0.3, 0.4) is 0 Å². The Kier molecular flexibility index (Phi) is 7.44. The predicted octanol–water partition coefficient (Wildman–Crippen LogP) is 3.51. The number of rotatable bonds is 7. The van der Waals surface area contributed by atoms with Crippen LogP contribution >= 0.6 is 0 Å². The number of nitrogens with two attached hydrogens (primary N) is 1.